The van der Waals surface area contributed by atoms with Crippen LogP contribution in [0, 0.1) is 0 Å². The highest BCUT2D eigenvalue weighted by Gasteiger charge is 2.16. The molecule has 90 valence electrons. The average Bonchev–Trinajstić information content (AvgIpc) is 2.34. The summed E-state index contributed by atoms with van der Waals surface area (Å²) in [5.41, 5.74) is 0.721. The molecule has 1 heterocycles. The SMILES string of the molecule is O=C(/C=C/c1cccnc1)N[C@@H](CO)C(=O)O. The van der Waals surface area contributed by atoms with E-state index >= 15 is 0 Å². The summed E-state index contributed by atoms with van der Waals surface area (Å²) in [5, 5.41) is 19.4. The van der Waals surface area contributed by atoms with Gasteiger partial charge >= 0.3 is 5.97 Å². The number of carbonyl (C=O) groups excluding carboxylic acids is 1. The minimum absolute atomic E-state index is 0.588. The van der Waals surface area contributed by atoms with Crippen LogP contribution < -0.4 is 5.32 Å². The van der Waals surface area contributed by atoms with Crippen LogP contribution in [-0.2, 0) is 9.59 Å². The predicted octanol–water partition coefficient (Wildman–Crippen LogP) is -0.343. The molecule has 1 amide bonds. The number of aliphatic carboxylic acids is 1. The first-order valence-electron chi connectivity index (χ1n) is 4.85. The van der Waals surface area contributed by atoms with Gasteiger partial charge in [0.15, 0.2) is 6.04 Å². The highest BCUT2D eigenvalue weighted by Crippen LogP contribution is 1.98. The van der Waals surface area contributed by atoms with Crippen LogP contribution in [0.4, 0.5) is 0 Å². The summed E-state index contributed by atoms with van der Waals surface area (Å²) in [7, 11) is 0. The number of carboxylic acids is 1. The quantitative estimate of drug-likeness (QED) is 0.607. The Morgan fingerprint density at radius 3 is 2.82 bits per heavy atom. The van der Waals surface area contributed by atoms with E-state index < -0.39 is 24.5 Å². The lowest BCUT2D eigenvalue weighted by atomic mass is 10.2. The van der Waals surface area contributed by atoms with Gasteiger partial charge in [-0.2, -0.15) is 0 Å². The summed E-state index contributed by atoms with van der Waals surface area (Å²) in [4.78, 5) is 25.7. The Hall–Kier alpha value is -2.21. The van der Waals surface area contributed by atoms with Crippen molar-refractivity contribution in [2.45, 2.75) is 6.04 Å². The van der Waals surface area contributed by atoms with Crippen molar-refractivity contribution in [3.8, 4) is 0 Å². The molecule has 0 aliphatic carbocycles. The van der Waals surface area contributed by atoms with E-state index in [0.29, 0.717) is 0 Å². The van der Waals surface area contributed by atoms with Crippen LogP contribution in [0.3, 0.4) is 0 Å². The molecule has 0 aliphatic heterocycles. The fourth-order valence-corrected chi connectivity index (χ4v) is 1.05. The Balaban J connectivity index is 2.55. The van der Waals surface area contributed by atoms with Gasteiger partial charge in [0.05, 0.1) is 6.61 Å². The minimum atomic E-state index is -1.29. The fraction of sp³-hybridized carbons (Fsp3) is 0.182. The first-order chi connectivity index (χ1) is 8.13. The van der Waals surface area contributed by atoms with Crippen molar-refractivity contribution in [1.82, 2.24) is 10.3 Å². The molecular weight excluding hydrogens is 224 g/mol. The molecule has 1 aromatic rings. The first kappa shape index (κ1) is 12.9. The number of hydrogen-bond acceptors (Lipinski definition) is 4. The molecule has 0 saturated carbocycles. The molecule has 6 heteroatoms. The fourth-order valence-electron chi connectivity index (χ4n) is 1.05. The molecule has 17 heavy (non-hydrogen) atoms. The van der Waals surface area contributed by atoms with E-state index in [0.717, 1.165) is 5.56 Å². The number of rotatable bonds is 5. The van der Waals surface area contributed by atoms with E-state index in [4.69, 9.17) is 10.2 Å². The Morgan fingerprint density at radius 2 is 2.29 bits per heavy atom. The van der Waals surface area contributed by atoms with Gasteiger partial charge in [-0.05, 0) is 17.7 Å². The number of aliphatic hydroxyl groups excluding tert-OH is 1. The molecule has 0 bridgehead atoms. The molecule has 0 radical (unpaired) electrons. The van der Waals surface area contributed by atoms with Crippen molar-refractivity contribution >= 4 is 18.0 Å². The molecule has 0 aliphatic rings. The van der Waals surface area contributed by atoms with Crippen molar-refractivity contribution in [3.63, 3.8) is 0 Å². The molecule has 1 aromatic heterocycles. The number of pyridine rings is 1. The molecule has 0 fully saturated rings. The van der Waals surface area contributed by atoms with Gasteiger partial charge in [-0.25, -0.2) is 4.79 Å². The third-order valence-electron chi connectivity index (χ3n) is 1.91. The maximum atomic E-state index is 11.3. The van der Waals surface area contributed by atoms with Crippen molar-refractivity contribution in [1.29, 1.82) is 0 Å². The molecule has 6 nitrogen and oxygen atoms in total. The molecule has 0 aromatic carbocycles. The lowest BCUT2D eigenvalue weighted by Gasteiger charge is -2.08. The summed E-state index contributed by atoms with van der Waals surface area (Å²) in [5.74, 6) is -1.87. The zero-order chi connectivity index (χ0) is 12.7. The summed E-state index contributed by atoms with van der Waals surface area (Å²) in [6.45, 7) is -0.651. The predicted molar refractivity (Wildman–Crippen MR) is 59.9 cm³/mol. The van der Waals surface area contributed by atoms with Gasteiger partial charge in [-0.3, -0.25) is 9.78 Å². The number of carbonyl (C=O) groups is 2. The van der Waals surface area contributed by atoms with Gasteiger partial charge in [0, 0.05) is 18.5 Å². The van der Waals surface area contributed by atoms with Gasteiger partial charge in [0.1, 0.15) is 0 Å². The van der Waals surface area contributed by atoms with Crippen molar-refractivity contribution in [2.24, 2.45) is 0 Å². The second-order valence-corrected chi connectivity index (χ2v) is 3.20. The van der Waals surface area contributed by atoms with Crippen molar-refractivity contribution < 1.29 is 19.8 Å². The van der Waals surface area contributed by atoms with Gasteiger partial charge < -0.3 is 15.5 Å². The van der Waals surface area contributed by atoms with Crippen LogP contribution in [0.5, 0.6) is 0 Å². The maximum absolute atomic E-state index is 11.3. The maximum Gasteiger partial charge on any atom is 0.328 e. The second-order valence-electron chi connectivity index (χ2n) is 3.20. The molecule has 1 atom stereocenters. The number of hydrogen-bond donors (Lipinski definition) is 3. The summed E-state index contributed by atoms with van der Waals surface area (Å²) in [6, 6.07) is 2.17. The number of aliphatic hydroxyl groups is 1. The average molecular weight is 236 g/mol. The lowest BCUT2D eigenvalue weighted by Crippen LogP contribution is -2.42. The van der Waals surface area contributed by atoms with Crippen LogP contribution in [0.15, 0.2) is 30.6 Å². The van der Waals surface area contributed by atoms with E-state index in [1.165, 1.54) is 12.2 Å². The van der Waals surface area contributed by atoms with Crippen LogP contribution in [-0.4, -0.2) is 39.7 Å². The normalized spacial score (nSPS) is 12.3. The van der Waals surface area contributed by atoms with E-state index in [-0.39, 0.29) is 0 Å². The van der Waals surface area contributed by atoms with Gasteiger partial charge in [-0.1, -0.05) is 6.07 Å². The Labute approximate surface area is 97.6 Å². The van der Waals surface area contributed by atoms with Crippen LogP contribution >= 0.6 is 0 Å². The van der Waals surface area contributed by atoms with E-state index in [1.807, 2.05) is 0 Å². The molecule has 3 N–H and O–H groups in total. The number of amides is 1. The molecule has 1 rings (SSSR count). The highest BCUT2D eigenvalue weighted by molar-refractivity contribution is 5.94. The molecule has 0 unspecified atom stereocenters. The summed E-state index contributed by atoms with van der Waals surface area (Å²) in [6.07, 6.45) is 5.84. The summed E-state index contributed by atoms with van der Waals surface area (Å²) >= 11 is 0. The van der Waals surface area contributed by atoms with E-state index in [2.05, 4.69) is 10.3 Å². The third kappa shape index (κ3) is 4.43. The van der Waals surface area contributed by atoms with Gasteiger partial charge in [-0.15, -0.1) is 0 Å². The largest absolute Gasteiger partial charge is 0.480 e. The molecule has 0 saturated heterocycles. The number of carboxylic acid groups (broad SMARTS) is 1. The van der Waals surface area contributed by atoms with Crippen molar-refractivity contribution in [3.05, 3.63) is 36.2 Å². The zero-order valence-electron chi connectivity index (χ0n) is 8.91. The number of aromatic nitrogens is 1. The Bertz CT molecular complexity index is 417. The van der Waals surface area contributed by atoms with Crippen LogP contribution in [0.25, 0.3) is 6.08 Å². The molecular formula is C11H12N2O4. The van der Waals surface area contributed by atoms with Gasteiger partial charge in [0.25, 0.3) is 0 Å². The standard InChI is InChI=1S/C11H12N2O4/c14-7-9(11(16)17)13-10(15)4-3-8-2-1-5-12-6-8/h1-6,9,14H,7H2,(H,13,15)(H,16,17)/b4-3+/t9-/m0/s1. The Morgan fingerprint density at radius 1 is 1.53 bits per heavy atom. The zero-order valence-corrected chi connectivity index (χ0v) is 8.91. The number of nitrogens with zero attached hydrogens (tertiary/aromatic N) is 1. The van der Waals surface area contributed by atoms with E-state index in [1.54, 1.807) is 24.5 Å². The third-order valence-corrected chi connectivity index (χ3v) is 1.91. The number of nitrogens with one attached hydrogen (secondary N) is 1. The first-order valence-corrected chi connectivity index (χ1v) is 4.85. The second kappa shape index (κ2) is 6.39. The lowest BCUT2D eigenvalue weighted by molar-refractivity contribution is -0.142. The van der Waals surface area contributed by atoms with Crippen LogP contribution in [0.2, 0.25) is 0 Å². The highest BCUT2D eigenvalue weighted by atomic mass is 16.4. The molecule has 0 spiro atoms. The monoisotopic (exact) mass is 236 g/mol. The minimum Gasteiger partial charge on any atom is -0.480 e. The smallest absolute Gasteiger partial charge is 0.328 e. The van der Waals surface area contributed by atoms with Crippen LogP contribution in [0.1, 0.15) is 5.56 Å². The van der Waals surface area contributed by atoms with E-state index in [9.17, 15) is 9.59 Å². The Kier molecular flexibility index (Phi) is 4.83. The van der Waals surface area contributed by atoms with Gasteiger partial charge in [0.2, 0.25) is 5.91 Å². The topological polar surface area (TPSA) is 99.5 Å². The van der Waals surface area contributed by atoms with Crippen molar-refractivity contribution in [2.75, 3.05) is 6.61 Å². The summed E-state index contributed by atoms with van der Waals surface area (Å²) < 4.78 is 0.